The van der Waals surface area contributed by atoms with E-state index < -0.39 is 15.8 Å². The van der Waals surface area contributed by atoms with Crippen LogP contribution >= 0.6 is 0 Å². The molecule has 1 aromatic carbocycles. The van der Waals surface area contributed by atoms with Gasteiger partial charge in [0.1, 0.15) is 5.82 Å². The van der Waals surface area contributed by atoms with Gasteiger partial charge in [-0.3, -0.25) is 0 Å². The lowest BCUT2D eigenvalue weighted by atomic mass is 10.2. The van der Waals surface area contributed by atoms with E-state index in [1.54, 1.807) is 0 Å². The fraction of sp³-hybridized carbons (Fsp3) is 0.600. The van der Waals surface area contributed by atoms with E-state index in [4.69, 9.17) is 0 Å². The Kier molecular flexibility index (Phi) is 7.85. The molecule has 0 saturated heterocycles. The second-order valence-electron chi connectivity index (χ2n) is 4.99. The minimum atomic E-state index is -3.56. The molecule has 0 aliphatic carbocycles. The van der Waals surface area contributed by atoms with Gasteiger partial charge in [-0.25, -0.2) is 17.5 Å². The molecule has 0 saturated carbocycles. The minimum Gasteiger partial charge on any atom is -0.313 e. The standard InChI is InChI=1S/C15H25FN2O2S/c1-3-5-6-7-10-18-21(19,20)14-8-9-15(16)13(11-14)12-17-4-2/h8-9,11,17-18H,3-7,10,12H2,1-2H3. The molecule has 0 radical (unpaired) electrons. The van der Waals surface area contributed by atoms with Crippen LogP contribution in [0.4, 0.5) is 4.39 Å². The highest BCUT2D eigenvalue weighted by molar-refractivity contribution is 7.89. The van der Waals surface area contributed by atoms with Crippen molar-refractivity contribution in [2.45, 2.75) is 51.0 Å². The molecular weight excluding hydrogens is 291 g/mol. The molecule has 120 valence electrons. The van der Waals surface area contributed by atoms with E-state index in [-0.39, 0.29) is 4.90 Å². The third-order valence-corrected chi connectivity index (χ3v) is 4.67. The van der Waals surface area contributed by atoms with Gasteiger partial charge in [-0.15, -0.1) is 0 Å². The zero-order valence-corrected chi connectivity index (χ0v) is 13.6. The Morgan fingerprint density at radius 1 is 1.14 bits per heavy atom. The maximum atomic E-state index is 13.6. The van der Waals surface area contributed by atoms with E-state index in [1.807, 2.05) is 6.92 Å². The van der Waals surface area contributed by atoms with Crippen LogP contribution in [-0.4, -0.2) is 21.5 Å². The zero-order valence-electron chi connectivity index (χ0n) is 12.8. The molecule has 0 fully saturated rings. The highest BCUT2D eigenvalue weighted by Crippen LogP contribution is 2.15. The van der Waals surface area contributed by atoms with Crippen LogP contribution in [0.5, 0.6) is 0 Å². The zero-order chi connectivity index (χ0) is 15.7. The highest BCUT2D eigenvalue weighted by atomic mass is 32.2. The van der Waals surface area contributed by atoms with Crippen molar-refractivity contribution in [2.24, 2.45) is 0 Å². The van der Waals surface area contributed by atoms with Crippen LogP contribution in [0.3, 0.4) is 0 Å². The molecule has 6 heteroatoms. The molecule has 4 nitrogen and oxygen atoms in total. The summed E-state index contributed by atoms with van der Waals surface area (Å²) in [5.74, 6) is -0.391. The van der Waals surface area contributed by atoms with Gasteiger partial charge in [0.2, 0.25) is 10.0 Å². The summed E-state index contributed by atoms with van der Waals surface area (Å²) >= 11 is 0. The topological polar surface area (TPSA) is 58.2 Å². The predicted molar refractivity (Wildman–Crippen MR) is 83.1 cm³/mol. The fourth-order valence-corrected chi connectivity index (χ4v) is 3.08. The molecule has 0 spiro atoms. The van der Waals surface area contributed by atoms with Gasteiger partial charge in [0, 0.05) is 18.7 Å². The minimum absolute atomic E-state index is 0.118. The van der Waals surface area contributed by atoms with Crippen LogP contribution in [-0.2, 0) is 16.6 Å². The lowest BCUT2D eigenvalue weighted by molar-refractivity contribution is 0.570. The van der Waals surface area contributed by atoms with Crippen LogP contribution in [0, 0.1) is 5.82 Å². The molecular formula is C15H25FN2O2S. The summed E-state index contributed by atoms with van der Waals surface area (Å²) in [6.45, 7) is 5.46. The molecule has 1 aromatic rings. The maximum Gasteiger partial charge on any atom is 0.240 e. The van der Waals surface area contributed by atoms with Crippen LogP contribution in [0.15, 0.2) is 23.1 Å². The Morgan fingerprint density at radius 3 is 2.57 bits per heavy atom. The SMILES string of the molecule is CCCCCCNS(=O)(=O)c1ccc(F)c(CNCC)c1. The van der Waals surface area contributed by atoms with Gasteiger partial charge in [0.25, 0.3) is 0 Å². The third-order valence-electron chi connectivity index (χ3n) is 3.22. The van der Waals surface area contributed by atoms with Crippen LogP contribution in [0.1, 0.15) is 45.1 Å². The molecule has 0 atom stereocenters. The highest BCUT2D eigenvalue weighted by Gasteiger charge is 2.15. The molecule has 2 N–H and O–H groups in total. The van der Waals surface area contributed by atoms with E-state index in [9.17, 15) is 12.8 Å². The average Bonchev–Trinajstić information content (AvgIpc) is 2.46. The van der Waals surface area contributed by atoms with E-state index in [0.717, 1.165) is 25.7 Å². The first-order chi connectivity index (χ1) is 10.0. The number of benzene rings is 1. The first-order valence-corrected chi connectivity index (χ1v) is 8.98. The first kappa shape index (κ1) is 18.1. The Hall–Kier alpha value is -0.980. The van der Waals surface area contributed by atoms with Gasteiger partial charge in [-0.2, -0.15) is 0 Å². The van der Waals surface area contributed by atoms with E-state index >= 15 is 0 Å². The third kappa shape index (κ3) is 6.11. The van der Waals surface area contributed by atoms with Crippen molar-refractivity contribution in [3.05, 3.63) is 29.6 Å². The lowest BCUT2D eigenvalue weighted by Crippen LogP contribution is -2.25. The normalized spacial score (nSPS) is 11.8. The second-order valence-corrected chi connectivity index (χ2v) is 6.76. The van der Waals surface area contributed by atoms with E-state index in [0.29, 0.717) is 25.2 Å². The summed E-state index contributed by atoms with van der Waals surface area (Å²) in [5, 5.41) is 3.00. The Bertz CT molecular complexity index is 532. The van der Waals surface area contributed by atoms with Gasteiger partial charge < -0.3 is 5.32 Å². The summed E-state index contributed by atoms with van der Waals surface area (Å²) in [7, 11) is -3.56. The van der Waals surface area contributed by atoms with Gasteiger partial charge in [-0.1, -0.05) is 33.1 Å². The summed E-state index contributed by atoms with van der Waals surface area (Å²) in [5.41, 5.74) is 0.366. The average molecular weight is 316 g/mol. The number of nitrogens with one attached hydrogen (secondary N) is 2. The molecule has 0 aliphatic rings. The Morgan fingerprint density at radius 2 is 1.90 bits per heavy atom. The summed E-state index contributed by atoms with van der Waals surface area (Å²) in [6, 6.07) is 3.91. The number of hydrogen-bond acceptors (Lipinski definition) is 3. The summed E-state index contributed by atoms with van der Waals surface area (Å²) < 4.78 is 40.5. The van der Waals surface area contributed by atoms with Crippen molar-refractivity contribution in [3.63, 3.8) is 0 Å². The number of unbranched alkanes of at least 4 members (excludes halogenated alkanes) is 3. The summed E-state index contributed by atoms with van der Waals surface area (Å²) in [4.78, 5) is 0.118. The van der Waals surface area contributed by atoms with Crippen molar-refractivity contribution in [2.75, 3.05) is 13.1 Å². The first-order valence-electron chi connectivity index (χ1n) is 7.50. The van der Waals surface area contributed by atoms with Crippen molar-refractivity contribution < 1.29 is 12.8 Å². The van der Waals surface area contributed by atoms with Gasteiger partial charge in [-0.05, 0) is 31.2 Å². The number of halogens is 1. The largest absolute Gasteiger partial charge is 0.313 e. The quantitative estimate of drug-likeness (QED) is 0.653. The van der Waals surface area contributed by atoms with Crippen molar-refractivity contribution in [1.29, 1.82) is 0 Å². The van der Waals surface area contributed by atoms with Crippen molar-refractivity contribution >= 4 is 10.0 Å². The Balaban J connectivity index is 2.69. The van der Waals surface area contributed by atoms with E-state index in [1.165, 1.54) is 18.2 Å². The predicted octanol–water partition coefficient (Wildman–Crippen LogP) is 2.79. The molecule has 1 rings (SSSR count). The van der Waals surface area contributed by atoms with Gasteiger partial charge >= 0.3 is 0 Å². The fourth-order valence-electron chi connectivity index (χ4n) is 1.96. The van der Waals surface area contributed by atoms with Crippen molar-refractivity contribution in [3.8, 4) is 0 Å². The van der Waals surface area contributed by atoms with Crippen LogP contribution < -0.4 is 10.0 Å². The van der Waals surface area contributed by atoms with Crippen LogP contribution in [0.2, 0.25) is 0 Å². The second kappa shape index (κ2) is 9.12. The monoisotopic (exact) mass is 316 g/mol. The van der Waals surface area contributed by atoms with Gasteiger partial charge in [0.15, 0.2) is 0 Å². The molecule has 21 heavy (non-hydrogen) atoms. The summed E-state index contributed by atoms with van der Waals surface area (Å²) in [6.07, 6.45) is 4.04. The maximum absolute atomic E-state index is 13.6. The van der Waals surface area contributed by atoms with Crippen LogP contribution in [0.25, 0.3) is 0 Å². The molecule has 0 heterocycles. The Labute approximate surface area is 127 Å². The number of hydrogen-bond donors (Lipinski definition) is 2. The molecule has 0 bridgehead atoms. The number of sulfonamides is 1. The molecule has 0 aliphatic heterocycles. The lowest BCUT2D eigenvalue weighted by Gasteiger charge is -2.09. The van der Waals surface area contributed by atoms with E-state index in [2.05, 4.69) is 17.0 Å². The van der Waals surface area contributed by atoms with Gasteiger partial charge in [0.05, 0.1) is 4.90 Å². The molecule has 0 amide bonds. The molecule has 0 aromatic heterocycles. The smallest absolute Gasteiger partial charge is 0.240 e. The van der Waals surface area contributed by atoms with Crippen molar-refractivity contribution in [1.82, 2.24) is 10.0 Å². The number of rotatable bonds is 10. The molecule has 0 unspecified atom stereocenters.